The molecule has 3 aliphatic rings. The largest absolute Gasteiger partial charge is 0.497 e. The summed E-state index contributed by atoms with van der Waals surface area (Å²) in [4.78, 5) is 12.3. The Balaban J connectivity index is 1.74. The minimum atomic E-state index is -0.461. The number of aryl methyl sites for hydroxylation is 1. The van der Waals surface area contributed by atoms with E-state index in [0.29, 0.717) is 18.3 Å². The van der Waals surface area contributed by atoms with Gasteiger partial charge in [0, 0.05) is 17.8 Å². The van der Waals surface area contributed by atoms with Gasteiger partial charge in [0.25, 0.3) is 0 Å². The normalized spacial score (nSPS) is 39.9. The van der Waals surface area contributed by atoms with Gasteiger partial charge in [-0.25, -0.2) is 0 Å². The first kappa shape index (κ1) is 14.3. The van der Waals surface area contributed by atoms with Gasteiger partial charge in [-0.2, -0.15) is 0 Å². The predicted molar refractivity (Wildman–Crippen MR) is 84.0 cm³/mol. The number of carbonyl (C=O) groups excluding carboxylic acids is 1. The summed E-state index contributed by atoms with van der Waals surface area (Å²) < 4.78 is 5.35. The first-order valence-electron chi connectivity index (χ1n) is 8.43. The van der Waals surface area contributed by atoms with Crippen LogP contribution in [0.1, 0.15) is 49.7 Å². The van der Waals surface area contributed by atoms with Crippen molar-refractivity contribution in [3.63, 3.8) is 0 Å². The van der Waals surface area contributed by atoms with Crippen molar-refractivity contribution < 1.29 is 14.6 Å². The molecule has 0 bridgehead atoms. The van der Waals surface area contributed by atoms with Gasteiger partial charge in [-0.05, 0) is 60.8 Å². The predicted octanol–water partition coefficient (Wildman–Crippen LogP) is 3.09. The molecule has 0 aliphatic heterocycles. The van der Waals surface area contributed by atoms with E-state index in [-0.39, 0.29) is 17.1 Å². The highest BCUT2D eigenvalue weighted by Gasteiger charge is 2.59. The van der Waals surface area contributed by atoms with Crippen molar-refractivity contribution in [1.82, 2.24) is 0 Å². The third-order valence-corrected chi connectivity index (χ3v) is 6.78. The fourth-order valence-electron chi connectivity index (χ4n) is 5.57. The van der Waals surface area contributed by atoms with E-state index in [9.17, 15) is 9.90 Å². The van der Waals surface area contributed by atoms with Gasteiger partial charge in [0.2, 0.25) is 0 Å². The second-order valence-electron chi connectivity index (χ2n) is 7.50. The lowest BCUT2D eigenvalue weighted by Gasteiger charge is -2.51. The average Bonchev–Trinajstić information content (AvgIpc) is 2.76. The quantitative estimate of drug-likeness (QED) is 0.867. The second-order valence-corrected chi connectivity index (χ2v) is 7.50. The molecule has 0 radical (unpaired) electrons. The maximum absolute atomic E-state index is 12.3. The number of hydrogen-bond acceptors (Lipinski definition) is 3. The number of ketones is 1. The zero-order chi connectivity index (χ0) is 15.5. The SMILES string of the molecule is COc1ccc2c(c1)CC[C@@H]1[C@@H]2CC[C@@H]2C(=O)C[C@H](O)[C@@]21C. The molecule has 0 amide bonds. The summed E-state index contributed by atoms with van der Waals surface area (Å²) in [5.41, 5.74) is 2.59. The lowest BCUT2D eigenvalue weighted by Crippen LogP contribution is -2.48. The van der Waals surface area contributed by atoms with Crippen LogP contribution in [0, 0.1) is 17.3 Å². The first-order valence-corrected chi connectivity index (χ1v) is 8.43. The van der Waals surface area contributed by atoms with Gasteiger partial charge >= 0.3 is 0 Å². The van der Waals surface area contributed by atoms with Crippen molar-refractivity contribution >= 4 is 5.78 Å². The van der Waals surface area contributed by atoms with Crippen LogP contribution in [0.25, 0.3) is 0 Å². The van der Waals surface area contributed by atoms with Crippen molar-refractivity contribution in [3.05, 3.63) is 29.3 Å². The van der Waals surface area contributed by atoms with Crippen molar-refractivity contribution in [2.24, 2.45) is 17.3 Å². The number of methoxy groups -OCH3 is 1. The molecule has 1 N–H and O–H groups in total. The fourth-order valence-corrected chi connectivity index (χ4v) is 5.57. The van der Waals surface area contributed by atoms with Crippen LogP contribution in [-0.4, -0.2) is 24.1 Å². The molecule has 4 rings (SSSR count). The number of Topliss-reactive ketones (excluding diaryl/α,β-unsaturated/α-hetero) is 1. The average molecular weight is 300 g/mol. The molecule has 3 heteroatoms. The van der Waals surface area contributed by atoms with Crippen LogP contribution in [0.3, 0.4) is 0 Å². The Morgan fingerprint density at radius 1 is 1.27 bits per heavy atom. The van der Waals surface area contributed by atoms with Gasteiger partial charge in [0.15, 0.2) is 0 Å². The molecule has 3 aliphatic carbocycles. The van der Waals surface area contributed by atoms with E-state index in [1.165, 1.54) is 11.1 Å². The summed E-state index contributed by atoms with van der Waals surface area (Å²) in [5, 5.41) is 10.6. The van der Waals surface area contributed by atoms with Crippen LogP contribution < -0.4 is 4.74 Å². The Morgan fingerprint density at radius 2 is 2.09 bits per heavy atom. The van der Waals surface area contributed by atoms with E-state index in [1.807, 2.05) is 6.07 Å². The van der Waals surface area contributed by atoms with Gasteiger partial charge in [-0.15, -0.1) is 0 Å². The molecule has 2 saturated carbocycles. The Kier molecular flexibility index (Phi) is 3.12. The number of ether oxygens (including phenoxy) is 1. The van der Waals surface area contributed by atoms with Gasteiger partial charge < -0.3 is 9.84 Å². The molecular weight excluding hydrogens is 276 g/mol. The van der Waals surface area contributed by atoms with Gasteiger partial charge in [-0.1, -0.05) is 13.0 Å². The molecule has 3 nitrogen and oxygen atoms in total. The van der Waals surface area contributed by atoms with E-state index >= 15 is 0 Å². The van der Waals surface area contributed by atoms with E-state index in [2.05, 4.69) is 19.1 Å². The van der Waals surface area contributed by atoms with Crippen LogP contribution >= 0.6 is 0 Å². The van der Waals surface area contributed by atoms with E-state index in [1.54, 1.807) is 7.11 Å². The summed E-state index contributed by atoms with van der Waals surface area (Å²) in [7, 11) is 1.71. The van der Waals surface area contributed by atoms with E-state index < -0.39 is 6.10 Å². The third kappa shape index (κ3) is 1.75. The number of fused-ring (bicyclic) bond motifs is 5. The number of benzene rings is 1. The number of aliphatic hydroxyl groups is 1. The molecule has 1 aromatic carbocycles. The molecule has 0 spiro atoms. The lowest BCUT2D eigenvalue weighted by molar-refractivity contribution is -0.125. The number of rotatable bonds is 1. The monoisotopic (exact) mass is 300 g/mol. The zero-order valence-corrected chi connectivity index (χ0v) is 13.3. The van der Waals surface area contributed by atoms with Crippen molar-refractivity contribution in [3.8, 4) is 5.75 Å². The summed E-state index contributed by atoms with van der Waals surface area (Å²) in [5.74, 6) is 2.19. The van der Waals surface area contributed by atoms with E-state index in [4.69, 9.17) is 4.74 Å². The molecule has 0 saturated heterocycles. The number of carbonyl (C=O) groups is 1. The molecule has 22 heavy (non-hydrogen) atoms. The highest BCUT2D eigenvalue weighted by Crippen LogP contribution is 2.61. The van der Waals surface area contributed by atoms with Crippen LogP contribution in [0.4, 0.5) is 0 Å². The molecule has 118 valence electrons. The standard InChI is InChI=1S/C19H24O3/c1-19-15-7-3-11-9-12(22-2)4-5-13(11)14(15)6-8-16(19)17(20)10-18(19)21/h4-5,9,14-16,18,21H,3,6-8,10H2,1-2H3/t14-,15-,16-,18+,19-/m1/s1. The van der Waals surface area contributed by atoms with Crippen molar-refractivity contribution in [1.29, 1.82) is 0 Å². The minimum absolute atomic E-state index is 0.0727. The number of aliphatic hydroxyl groups excluding tert-OH is 1. The summed E-state index contributed by atoms with van der Waals surface area (Å²) in [6.07, 6.45) is 4.00. The van der Waals surface area contributed by atoms with Crippen LogP contribution in [0.5, 0.6) is 5.75 Å². The Morgan fingerprint density at radius 3 is 2.86 bits per heavy atom. The molecule has 0 heterocycles. The molecule has 2 fully saturated rings. The van der Waals surface area contributed by atoms with Gasteiger partial charge in [-0.3, -0.25) is 4.79 Å². The topological polar surface area (TPSA) is 46.5 Å². The molecule has 0 aromatic heterocycles. The highest BCUT2D eigenvalue weighted by molar-refractivity contribution is 5.85. The van der Waals surface area contributed by atoms with Crippen LogP contribution in [0.15, 0.2) is 18.2 Å². The van der Waals surface area contributed by atoms with Crippen LogP contribution in [-0.2, 0) is 11.2 Å². The fraction of sp³-hybridized carbons (Fsp3) is 0.632. The summed E-state index contributed by atoms with van der Waals surface area (Å²) in [6.45, 7) is 2.17. The van der Waals surface area contributed by atoms with Gasteiger partial charge in [0.1, 0.15) is 11.5 Å². The third-order valence-electron chi connectivity index (χ3n) is 6.78. The Labute approximate surface area is 131 Å². The summed E-state index contributed by atoms with van der Waals surface area (Å²) >= 11 is 0. The maximum atomic E-state index is 12.3. The Bertz CT molecular complexity index is 623. The lowest BCUT2D eigenvalue weighted by atomic mass is 9.53. The molecule has 0 unspecified atom stereocenters. The zero-order valence-electron chi connectivity index (χ0n) is 13.3. The summed E-state index contributed by atoms with van der Waals surface area (Å²) in [6, 6.07) is 6.42. The van der Waals surface area contributed by atoms with E-state index in [0.717, 1.165) is 31.4 Å². The molecule has 1 aromatic rings. The maximum Gasteiger partial charge on any atom is 0.139 e. The van der Waals surface area contributed by atoms with Crippen molar-refractivity contribution in [2.45, 2.75) is 51.0 Å². The first-order chi connectivity index (χ1) is 10.6. The van der Waals surface area contributed by atoms with Crippen molar-refractivity contribution in [2.75, 3.05) is 7.11 Å². The van der Waals surface area contributed by atoms with Crippen LogP contribution in [0.2, 0.25) is 0 Å². The highest BCUT2D eigenvalue weighted by atomic mass is 16.5. The smallest absolute Gasteiger partial charge is 0.139 e. The Hall–Kier alpha value is -1.35. The minimum Gasteiger partial charge on any atom is -0.497 e. The second kappa shape index (κ2) is 4.82. The number of hydrogen-bond donors (Lipinski definition) is 1. The van der Waals surface area contributed by atoms with Gasteiger partial charge in [0.05, 0.1) is 13.2 Å². The molecule has 5 atom stereocenters. The molecular formula is C19H24O3.